The molecule has 1 aromatic carbocycles. The van der Waals surface area contributed by atoms with Crippen LogP contribution in [0.3, 0.4) is 0 Å². The summed E-state index contributed by atoms with van der Waals surface area (Å²) < 4.78 is 1.87. The number of aryl methyl sites for hydroxylation is 1. The van der Waals surface area contributed by atoms with E-state index in [9.17, 15) is 0 Å². The van der Waals surface area contributed by atoms with Crippen LogP contribution in [0.5, 0.6) is 0 Å². The topological polar surface area (TPSA) is 42.7 Å². The lowest BCUT2D eigenvalue weighted by atomic mass is 10.0. The number of pyridine rings is 1. The van der Waals surface area contributed by atoms with Crippen LogP contribution < -0.4 is 5.32 Å². The molecular formula is C20H28N4. The van der Waals surface area contributed by atoms with Crippen molar-refractivity contribution in [2.45, 2.75) is 27.7 Å². The fourth-order valence-electron chi connectivity index (χ4n) is 2.40. The molecule has 2 heterocycles. The first-order valence-electron chi connectivity index (χ1n) is 8.52. The molecule has 0 amide bonds. The Morgan fingerprint density at radius 2 is 1.42 bits per heavy atom. The van der Waals surface area contributed by atoms with Crippen molar-refractivity contribution in [2.24, 2.45) is 7.05 Å². The lowest BCUT2D eigenvalue weighted by Gasteiger charge is -2.06. The molecule has 0 fully saturated rings. The first-order valence-corrected chi connectivity index (χ1v) is 8.52. The van der Waals surface area contributed by atoms with Gasteiger partial charge in [0.15, 0.2) is 0 Å². The molecule has 0 aliphatic heterocycles. The summed E-state index contributed by atoms with van der Waals surface area (Å²) in [5, 5.41) is 7.89. The molecule has 0 atom stereocenters. The summed E-state index contributed by atoms with van der Waals surface area (Å²) in [6, 6.07) is 14.2. The molecule has 0 bridgehead atoms. The average Bonchev–Trinajstić information content (AvgIpc) is 3.02. The molecule has 1 N–H and O–H groups in total. The molecule has 0 saturated heterocycles. The smallest absolute Gasteiger partial charge is 0.132 e. The Morgan fingerprint density at radius 1 is 0.833 bits per heavy atom. The quantitative estimate of drug-likeness (QED) is 0.716. The van der Waals surface area contributed by atoms with E-state index in [2.05, 4.69) is 27.5 Å². The van der Waals surface area contributed by atoms with Crippen LogP contribution in [0, 0.1) is 0 Å². The fraction of sp³-hybridized carbons (Fsp3) is 0.300. The summed E-state index contributed by atoms with van der Waals surface area (Å²) in [5.74, 6) is 0.995. The first-order chi connectivity index (χ1) is 11.8. The molecule has 24 heavy (non-hydrogen) atoms. The Labute approximate surface area is 145 Å². The third-order valence-corrected chi connectivity index (χ3v) is 3.30. The van der Waals surface area contributed by atoms with E-state index in [4.69, 9.17) is 0 Å². The summed E-state index contributed by atoms with van der Waals surface area (Å²) >= 11 is 0. The number of nitrogens with zero attached hydrogens (tertiary/aromatic N) is 3. The summed E-state index contributed by atoms with van der Waals surface area (Å²) in [7, 11) is 3.86. The molecule has 2 aromatic heterocycles. The summed E-state index contributed by atoms with van der Waals surface area (Å²) in [6.07, 6.45) is 3.60. The lowest BCUT2D eigenvalue weighted by molar-refractivity contribution is 0.778. The monoisotopic (exact) mass is 324 g/mol. The Morgan fingerprint density at radius 3 is 1.96 bits per heavy atom. The van der Waals surface area contributed by atoms with E-state index in [-0.39, 0.29) is 0 Å². The van der Waals surface area contributed by atoms with Crippen LogP contribution in [0.2, 0.25) is 0 Å². The molecule has 128 valence electrons. The van der Waals surface area contributed by atoms with Gasteiger partial charge in [0, 0.05) is 32.1 Å². The number of hydrogen-bond acceptors (Lipinski definition) is 3. The second-order valence-corrected chi connectivity index (χ2v) is 4.55. The number of rotatable bonds is 3. The first kappa shape index (κ1) is 19.4. The minimum Gasteiger partial charge on any atom is -0.373 e. The number of hydrogen-bond donors (Lipinski definition) is 1. The third kappa shape index (κ3) is 4.22. The van der Waals surface area contributed by atoms with Gasteiger partial charge in [-0.05, 0) is 17.7 Å². The number of anilines is 1. The second-order valence-electron chi connectivity index (χ2n) is 4.55. The van der Waals surface area contributed by atoms with Crippen LogP contribution in [0.1, 0.15) is 27.7 Å². The Kier molecular flexibility index (Phi) is 8.26. The maximum atomic E-state index is 4.66. The second kappa shape index (κ2) is 10.2. The number of aromatic nitrogens is 3. The van der Waals surface area contributed by atoms with E-state index < -0.39 is 0 Å². The summed E-state index contributed by atoms with van der Waals surface area (Å²) in [4.78, 5) is 4.09. The Bertz CT molecular complexity index is 703. The van der Waals surface area contributed by atoms with Gasteiger partial charge in [0.1, 0.15) is 11.5 Å². The predicted octanol–water partition coefficient (Wildman–Crippen LogP) is 5.24. The van der Waals surface area contributed by atoms with Crippen LogP contribution in [-0.2, 0) is 7.05 Å². The number of nitrogens with one attached hydrogen (secondary N) is 1. The average molecular weight is 324 g/mol. The lowest BCUT2D eigenvalue weighted by Crippen LogP contribution is -1.99. The molecule has 3 aromatic rings. The van der Waals surface area contributed by atoms with Gasteiger partial charge in [-0.3, -0.25) is 9.67 Å². The standard InChI is InChI=1S/C16H16N4.2C2H6/c1-17-16-14(12-8-10-18-11-9-12)15(19-20(16)2)13-6-4-3-5-7-13;2*1-2/h3-11,17H,1-2H3;2*1-2H3. The van der Waals surface area contributed by atoms with Crippen LogP contribution in [0.4, 0.5) is 5.82 Å². The molecule has 0 aliphatic carbocycles. The van der Waals surface area contributed by atoms with Crippen LogP contribution in [0.15, 0.2) is 54.9 Å². The highest BCUT2D eigenvalue weighted by Gasteiger charge is 2.18. The highest BCUT2D eigenvalue weighted by molar-refractivity contribution is 5.88. The van der Waals surface area contributed by atoms with Crippen molar-refractivity contribution in [3.63, 3.8) is 0 Å². The van der Waals surface area contributed by atoms with Crippen molar-refractivity contribution >= 4 is 5.82 Å². The zero-order chi connectivity index (χ0) is 17.9. The van der Waals surface area contributed by atoms with Crippen LogP contribution >= 0.6 is 0 Å². The highest BCUT2D eigenvalue weighted by atomic mass is 15.3. The van der Waals surface area contributed by atoms with Crippen molar-refractivity contribution in [3.8, 4) is 22.4 Å². The van der Waals surface area contributed by atoms with E-state index >= 15 is 0 Å². The molecule has 3 rings (SSSR count). The van der Waals surface area contributed by atoms with Gasteiger partial charge in [-0.15, -0.1) is 0 Å². The molecule has 4 nitrogen and oxygen atoms in total. The van der Waals surface area contributed by atoms with Gasteiger partial charge in [0.25, 0.3) is 0 Å². The van der Waals surface area contributed by atoms with Gasteiger partial charge < -0.3 is 5.32 Å². The maximum Gasteiger partial charge on any atom is 0.132 e. The summed E-state index contributed by atoms with van der Waals surface area (Å²) in [5.41, 5.74) is 4.29. The van der Waals surface area contributed by atoms with Crippen molar-refractivity contribution in [1.29, 1.82) is 0 Å². The van der Waals surface area contributed by atoms with Gasteiger partial charge >= 0.3 is 0 Å². The highest BCUT2D eigenvalue weighted by Crippen LogP contribution is 2.36. The Balaban J connectivity index is 0.000000671. The minimum atomic E-state index is 0.976. The predicted molar refractivity (Wildman–Crippen MR) is 104 cm³/mol. The number of benzene rings is 1. The zero-order valence-electron chi connectivity index (χ0n) is 15.5. The molecule has 0 spiro atoms. The minimum absolute atomic E-state index is 0.976. The molecule has 0 aliphatic rings. The SMILES string of the molecule is CC.CC.CNc1c(-c2ccncc2)c(-c2ccccc2)nn1C. The van der Waals surface area contributed by atoms with Gasteiger partial charge in [-0.2, -0.15) is 5.10 Å². The normalized spacial score (nSPS) is 9.25. The Hall–Kier alpha value is -2.62. The fourth-order valence-corrected chi connectivity index (χ4v) is 2.40. The van der Waals surface area contributed by atoms with E-state index in [1.807, 2.05) is 76.8 Å². The zero-order valence-corrected chi connectivity index (χ0v) is 15.5. The molecule has 4 heteroatoms. The van der Waals surface area contributed by atoms with Crippen molar-refractivity contribution in [3.05, 3.63) is 54.9 Å². The van der Waals surface area contributed by atoms with Crippen LogP contribution in [0.25, 0.3) is 22.4 Å². The van der Waals surface area contributed by atoms with Crippen molar-refractivity contribution < 1.29 is 0 Å². The molecular weight excluding hydrogens is 296 g/mol. The molecule has 0 radical (unpaired) electrons. The summed E-state index contributed by atoms with van der Waals surface area (Å²) in [6.45, 7) is 8.00. The molecule has 0 unspecified atom stereocenters. The van der Waals surface area contributed by atoms with Gasteiger partial charge in [-0.1, -0.05) is 58.0 Å². The largest absolute Gasteiger partial charge is 0.373 e. The van der Waals surface area contributed by atoms with E-state index in [1.165, 1.54) is 0 Å². The van der Waals surface area contributed by atoms with E-state index in [0.29, 0.717) is 0 Å². The van der Waals surface area contributed by atoms with E-state index in [1.54, 1.807) is 12.4 Å². The van der Waals surface area contributed by atoms with Gasteiger partial charge in [0.2, 0.25) is 0 Å². The van der Waals surface area contributed by atoms with Crippen molar-refractivity contribution in [2.75, 3.05) is 12.4 Å². The van der Waals surface area contributed by atoms with Gasteiger partial charge in [-0.25, -0.2) is 0 Å². The van der Waals surface area contributed by atoms with E-state index in [0.717, 1.165) is 28.2 Å². The molecule has 0 saturated carbocycles. The third-order valence-electron chi connectivity index (χ3n) is 3.30. The maximum absolute atomic E-state index is 4.66. The van der Waals surface area contributed by atoms with Gasteiger partial charge in [0.05, 0.1) is 5.56 Å². The van der Waals surface area contributed by atoms with Crippen molar-refractivity contribution in [1.82, 2.24) is 14.8 Å². The van der Waals surface area contributed by atoms with Crippen LogP contribution in [-0.4, -0.2) is 21.8 Å².